The minimum absolute atomic E-state index is 0.0978. The topological polar surface area (TPSA) is 52.6 Å². The van der Waals surface area contributed by atoms with Gasteiger partial charge in [-0.15, -0.1) is 0 Å². The van der Waals surface area contributed by atoms with Gasteiger partial charge in [-0.05, 0) is 36.1 Å². The van der Waals surface area contributed by atoms with Crippen LogP contribution in [-0.4, -0.2) is 35.2 Å². The Balaban J connectivity index is 1.62. The number of rotatable bonds is 2. The fourth-order valence-electron chi connectivity index (χ4n) is 2.65. The highest BCUT2D eigenvalue weighted by atomic mass is 16.3. The van der Waals surface area contributed by atoms with E-state index in [0.717, 1.165) is 16.8 Å². The van der Waals surface area contributed by atoms with Gasteiger partial charge in [0.05, 0.1) is 6.10 Å². The van der Waals surface area contributed by atoms with E-state index in [1.807, 2.05) is 42.5 Å². The summed E-state index contributed by atoms with van der Waals surface area (Å²) in [5.41, 5.74) is 3.07. The summed E-state index contributed by atoms with van der Waals surface area (Å²) in [6.07, 6.45) is 1.04. The van der Waals surface area contributed by atoms with E-state index >= 15 is 0 Å². The second kappa shape index (κ2) is 6.62. The maximum absolute atomic E-state index is 12.2. The molecule has 0 aromatic heterocycles. The van der Waals surface area contributed by atoms with Crippen LogP contribution in [0, 0.1) is 0 Å². The zero-order valence-corrected chi connectivity index (χ0v) is 12.4. The molecule has 2 N–H and O–H groups in total. The monoisotopic (exact) mass is 296 g/mol. The number of nitrogens with one attached hydrogen (secondary N) is 1. The number of likely N-dealkylation sites (tertiary alicyclic amines) is 1. The number of piperidine rings is 1. The Hall–Kier alpha value is -2.33. The number of anilines is 1. The average Bonchev–Trinajstić information content (AvgIpc) is 2.57. The molecule has 0 unspecified atom stereocenters. The van der Waals surface area contributed by atoms with Gasteiger partial charge in [-0.3, -0.25) is 0 Å². The molecule has 0 atom stereocenters. The minimum Gasteiger partial charge on any atom is -0.393 e. The molecule has 22 heavy (non-hydrogen) atoms. The molecule has 1 aliphatic rings. The molecule has 0 spiro atoms. The lowest BCUT2D eigenvalue weighted by molar-refractivity contribution is 0.0972. The Morgan fingerprint density at radius 2 is 1.55 bits per heavy atom. The number of aliphatic hydroxyl groups is 1. The van der Waals surface area contributed by atoms with Crippen LogP contribution < -0.4 is 5.32 Å². The highest BCUT2D eigenvalue weighted by Gasteiger charge is 2.21. The highest BCUT2D eigenvalue weighted by molar-refractivity contribution is 5.89. The van der Waals surface area contributed by atoms with E-state index in [1.165, 1.54) is 0 Å². The molecule has 0 bridgehead atoms. The Kier molecular flexibility index (Phi) is 4.39. The van der Waals surface area contributed by atoms with E-state index < -0.39 is 0 Å². The first-order valence-electron chi connectivity index (χ1n) is 7.62. The number of hydrogen-bond acceptors (Lipinski definition) is 2. The first kappa shape index (κ1) is 14.6. The molecule has 0 aliphatic carbocycles. The molecule has 2 amide bonds. The molecule has 4 heteroatoms. The van der Waals surface area contributed by atoms with E-state index in [-0.39, 0.29) is 12.1 Å². The van der Waals surface area contributed by atoms with Gasteiger partial charge in [-0.25, -0.2) is 4.79 Å². The Bertz CT molecular complexity index is 617. The number of amides is 2. The van der Waals surface area contributed by atoms with Gasteiger partial charge >= 0.3 is 6.03 Å². The van der Waals surface area contributed by atoms with Crippen LogP contribution in [0.15, 0.2) is 54.6 Å². The third-order valence-corrected chi connectivity index (χ3v) is 3.99. The molecular weight excluding hydrogens is 276 g/mol. The molecule has 0 saturated carbocycles. The van der Waals surface area contributed by atoms with Crippen molar-refractivity contribution in [2.24, 2.45) is 0 Å². The van der Waals surface area contributed by atoms with Crippen LogP contribution in [0.2, 0.25) is 0 Å². The van der Waals surface area contributed by atoms with E-state index in [0.29, 0.717) is 25.9 Å². The van der Waals surface area contributed by atoms with Gasteiger partial charge in [0, 0.05) is 18.8 Å². The standard InChI is InChI=1S/C18H20N2O2/c21-17-10-12-20(13-11-17)18(22)19-16-8-6-15(7-9-16)14-4-2-1-3-5-14/h1-9,17,21H,10-13H2,(H,19,22). The van der Waals surface area contributed by atoms with Crippen molar-refractivity contribution >= 4 is 11.7 Å². The smallest absolute Gasteiger partial charge is 0.321 e. The fraction of sp³-hybridized carbons (Fsp3) is 0.278. The normalized spacial score (nSPS) is 15.6. The van der Waals surface area contributed by atoms with Gasteiger partial charge < -0.3 is 15.3 Å². The Morgan fingerprint density at radius 3 is 2.18 bits per heavy atom. The van der Waals surface area contributed by atoms with Crippen LogP contribution >= 0.6 is 0 Å². The first-order chi connectivity index (χ1) is 10.7. The van der Waals surface area contributed by atoms with Crippen LogP contribution in [-0.2, 0) is 0 Å². The lowest BCUT2D eigenvalue weighted by atomic mass is 10.1. The number of urea groups is 1. The summed E-state index contributed by atoms with van der Waals surface area (Å²) in [6, 6.07) is 17.9. The summed E-state index contributed by atoms with van der Waals surface area (Å²) in [6.45, 7) is 1.21. The van der Waals surface area contributed by atoms with Crippen LogP contribution in [0.4, 0.5) is 10.5 Å². The Morgan fingerprint density at radius 1 is 0.955 bits per heavy atom. The second-order valence-electron chi connectivity index (χ2n) is 5.59. The zero-order chi connectivity index (χ0) is 15.4. The quantitative estimate of drug-likeness (QED) is 0.893. The highest BCUT2D eigenvalue weighted by Crippen LogP contribution is 2.21. The number of nitrogens with zero attached hydrogens (tertiary/aromatic N) is 1. The van der Waals surface area contributed by atoms with Crippen molar-refractivity contribution in [1.29, 1.82) is 0 Å². The van der Waals surface area contributed by atoms with Crippen LogP contribution in [0.5, 0.6) is 0 Å². The molecule has 3 rings (SSSR count). The molecule has 1 aliphatic heterocycles. The summed E-state index contributed by atoms with van der Waals surface area (Å²) in [7, 11) is 0. The lowest BCUT2D eigenvalue weighted by Gasteiger charge is -2.29. The predicted octanol–water partition coefficient (Wildman–Crippen LogP) is 3.34. The maximum Gasteiger partial charge on any atom is 0.321 e. The number of benzene rings is 2. The predicted molar refractivity (Wildman–Crippen MR) is 87.7 cm³/mol. The molecule has 1 saturated heterocycles. The number of hydrogen-bond donors (Lipinski definition) is 2. The van der Waals surface area contributed by atoms with Gasteiger partial charge in [0.15, 0.2) is 0 Å². The van der Waals surface area contributed by atoms with Gasteiger partial charge in [0.25, 0.3) is 0 Å². The van der Waals surface area contributed by atoms with Crippen LogP contribution in [0.25, 0.3) is 11.1 Å². The summed E-state index contributed by atoms with van der Waals surface area (Å²) in [5, 5.41) is 12.4. The first-order valence-corrected chi connectivity index (χ1v) is 7.62. The van der Waals surface area contributed by atoms with Crippen molar-refractivity contribution in [3.8, 4) is 11.1 Å². The maximum atomic E-state index is 12.2. The summed E-state index contributed by atoms with van der Waals surface area (Å²) < 4.78 is 0. The van der Waals surface area contributed by atoms with Crippen LogP contribution in [0.1, 0.15) is 12.8 Å². The van der Waals surface area contributed by atoms with Gasteiger partial charge in [0.2, 0.25) is 0 Å². The average molecular weight is 296 g/mol. The molecular formula is C18H20N2O2. The lowest BCUT2D eigenvalue weighted by Crippen LogP contribution is -2.42. The summed E-state index contributed by atoms with van der Waals surface area (Å²) >= 11 is 0. The molecule has 1 heterocycles. The number of carbonyl (C=O) groups is 1. The van der Waals surface area contributed by atoms with Gasteiger partial charge in [-0.2, -0.15) is 0 Å². The third-order valence-electron chi connectivity index (χ3n) is 3.99. The van der Waals surface area contributed by atoms with Crippen molar-refractivity contribution in [3.05, 3.63) is 54.6 Å². The Labute approximate surface area is 130 Å². The van der Waals surface area contributed by atoms with Crippen LogP contribution in [0.3, 0.4) is 0 Å². The number of aliphatic hydroxyl groups excluding tert-OH is 1. The molecule has 114 valence electrons. The van der Waals surface area contributed by atoms with Crippen molar-refractivity contribution < 1.29 is 9.90 Å². The van der Waals surface area contributed by atoms with Crippen molar-refractivity contribution in [2.45, 2.75) is 18.9 Å². The van der Waals surface area contributed by atoms with E-state index in [9.17, 15) is 9.90 Å². The van der Waals surface area contributed by atoms with E-state index in [1.54, 1.807) is 4.90 Å². The molecule has 0 radical (unpaired) electrons. The second-order valence-corrected chi connectivity index (χ2v) is 5.59. The van der Waals surface area contributed by atoms with Crippen molar-refractivity contribution in [1.82, 2.24) is 4.90 Å². The van der Waals surface area contributed by atoms with Crippen molar-refractivity contribution in [3.63, 3.8) is 0 Å². The third kappa shape index (κ3) is 3.46. The van der Waals surface area contributed by atoms with Gasteiger partial charge in [-0.1, -0.05) is 42.5 Å². The van der Waals surface area contributed by atoms with Gasteiger partial charge in [0.1, 0.15) is 0 Å². The summed E-state index contributed by atoms with van der Waals surface area (Å²) in [5.74, 6) is 0. The summed E-state index contributed by atoms with van der Waals surface area (Å²) in [4.78, 5) is 13.9. The molecule has 1 fully saturated rings. The van der Waals surface area contributed by atoms with Crippen molar-refractivity contribution in [2.75, 3.05) is 18.4 Å². The fourth-order valence-corrected chi connectivity index (χ4v) is 2.65. The van der Waals surface area contributed by atoms with E-state index in [4.69, 9.17) is 0 Å². The molecule has 2 aromatic carbocycles. The zero-order valence-electron chi connectivity index (χ0n) is 12.4. The molecule has 2 aromatic rings. The van der Waals surface area contributed by atoms with E-state index in [2.05, 4.69) is 17.4 Å². The largest absolute Gasteiger partial charge is 0.393 e. The minimum atomic E-state index is -0.269. The molecule has 4 nitrogen and oxygen atoms in total. The number of carbonyl (C=O) groups excluding carboxylic acids is 1. The SMILES string of the molecule is O=C(Nc1ccc(-c2ccccc2)cc1)N1CCC(O)CC1.